The van der Waals surface area contributed by atoms with Crippen LogP contribution in [0.2, 0.25) is 0 Å². The Morgan fingerprint density at radius 1 is 1.42 bits per heavy atom. The summed E-state index contributed by atoms with van der Waals surface area (Å²) in [5, 5.41) is 12.8. The Hall–Kier alpha value is -1.10. The van der Waals surface area contributed by atoms with Crippen molar-refractivity contribution < 1.29 is 14.7 Å². The van der Waals surface area contributed by atoms with Gasteiger partial charge in [-0.05, 0) is 25.2 Å². The van der Waals surface area contributed by atoms with E-state index in [2.05, 4.69) is 5.32 Å². The van der Waals surface area contributed by atoms with Crippen molar-refractivity contribution in [3.05, 3.63) is 0 Å². The minimum atomic E-state index is -0.770. The Morgan fingerprint density at radius 2 is 2.11 bits per heavy atom. The predicted octanol–water partition coefficient (Wildman–Crippen LogP) is 1.09. The largest absolute Gasteiger partial charge is 0.481 e. The Bertz CT molecular complexity index is 366. The standard InChI is InChI=1S/C14H24N2O3/c1-10(2)14(13(18)19)6-8-16(9-14)12(17)5-7-15-11-3-4-11/h10-11,15H,3-9H2,1-2H3,(H,18,19). The summed E-state index contributed by atoms with van der Waals surface area (Å²) in [6, 6.07) is 0.611. The molecule has 0 radical (unpaired) electrons. The third-order valence-corrected chi connectivity index (χ3v) is 4.53. The maximum absolute atomic E-state index is 12.1. The van der Waals surface area contributed by atoms with E-state index < -0.39 is 11.4 Å². The van der Waals surface area contributed by atoms with Gasteiger partial charge in [-0.25, -0.2) is 0 Å². The predicted molar refractivity (Wildman–Crippen MR) is 71.7 cm³/mol. The molecule has 2 fully saturated rings. The van der Waals surface area contributed by atoms with Crippen LogP contribution < -0.4 is 5.32 Å². The van der Waals surface area contributed by atoms with Crippen LogP contribution in [0.4, 0.5) is 0 Å². The molecule has 1 aliphatic heterocycles. The van der Waals surface area contributed by atoms with Crippen LogP contribution in [-0.2, 0) is 9.59 Å². The van der Waals surface area contributed by atoms with E-state index in [1.807, 2.05) is 13.8 Å². The summed E-state index contributed by atoms with van der Waals surface area (Å²) in [5.74, 6) is -0.641. The number of carbonyl (C=O) groups excluding carboxylic acids is 1. The molecule has 1 saturated heterocycles. The fourth-order valence-electron chi connectivity index (χ4n) is 2.77. The molecule has 19 heavy (non-hydrogen) atoms. The summed E-state index contributed by atoms with van der Waals surface area (Å²) >= 11 is 0. The van der Waals surface area contributed by atoms with E-state index in [0.717, 1.165) is 0 Å². The van der Waals surface area contributed by atoms with Crippen LogP contribution in [0, 0.1) is 11.3 Å². The second-order valence-electron chi connectivity index (χ2n) is 6.16. The second-order valence-corrected chi connectivity index (χ2v) is 6.16. The molecular weight excluding hydrogens is 244 g/mol. The molecule has 0 aromatic carbocycles. The lowest BCUT2D eigenvalue weighted by Gasteiger charge is -2.28. The van der Waals surface area contributed by atoms with Crippen LogP contribution in [0.15, 0.2) is 0 Å². The molecular formula is C14H24N2O3. The first-order chi connectivity index (χ1) is 8.95. The lowest BCUT2D eigenvalue weighted by molar-refractivity contribution is -0.151. The fraction of sp³-hybridized carbons (Fsp3) is 0.857. The fourth-order valence-corrected chi connectivity index (χ4v) is 2.77. The van der Waals surface area contributed by atoms with E-state index in [4.69, 9.17) is 0 Å². The Labute approximate surface area is 114 Å². The molecule has 0 spiro atoms. The topological polar surface area (TPSA) is 69.6 Å². The van der Waals surface area contributed by atoms with Gasteiger partial charge in [0.25, 0.3) is 0 Å². The molecule has 0 bridgehead atoms. The zero-order chi connectivity index (χ0) is 14.0. The van der Waals surface area contributed by atoms with E-state index in [9.17, 15) is 14.7 Å². The summed E-state index contributed by atoms with van der Waals surface area (Å²) in [6.45, 7) is 5.50. The van der Waals surface area contributed by atoms with Gasteiger partial charge < -0.3 is 15.3 Å². The summed E-state index contributed by atoms with van der Waals surface area (Å²) in [4.78, 5) is 25.3. The molecule has 0 aromatic heterocycles. The number of carbonyl (C=O) groups is 2. The molecule has 108 valence electrons. The van der Waals surface area contributed by atoms with Crippen LogP contribution in [0.1, 0.15) is 39.5 Å². The van der Waals surface area contributed by atoms with Crippen molar-refractivity contribution >= 4 is 11.9 Å². The molecule has 5 heteroatoms. The summed E-state index contributed by atoms with van der Waals surface area (Å²) in [6.07, 6.45) is 3.48. The third kappa shape index (κ3) is 3.08. The van der Waals surface area contributed by atoms with Gasteiger partial charge >= 0.3 is 5.97 Å². The molecule has 1 unspecified atom stereocenters. The Kier molecular flexibility index (Phi) is 4.13. The van der Waals surface area contributed by atoms with E-state index in [1.165, 1.54) is 12.8 Å². The normalized spacial score (nSPS) is 27.0. The highest BCUT2D eigenvalue weighted by atomic mass is 16.4. The minimum absolute atomic E-state index is 0.0485. The molecule has 1 atom stereocenters. The second kappa shape index (κ2) is 5.49. The number of carboxylic acids is 1. The molecule has 2 aliphatic rings. The summed E-state index contributed by atoms with van der Waals surface area (Å²) < 4.78 is 0. The van der Waals surface area contributed by atoms with Crippen LogP contribution in [0.3, 0.4) is 0 Å². The first kappa shape index (κ1) is 14.3. The average molecular weight is 268 g/mol. The van der Waals surface area contributed by atoms with E-state index in [1.54, 1.807) is 4.90 Å². The smallest absolute Gasteiger partial charge is 0.311 e. The van der Waals surface area contributed by atoms with Gasteiger partial charge in [-0.1, -0.05) is 13.8 Å². The van der Waals surface area contributed by atoms with Gasteiger partial charge in [-0.15, -0.1) is 0 Å². The number of aliphatic carboxylic acids is 1. The quantitative estimate of drug-likeness (QED) is 0.756. The van der Waals surface area contributed by atoms with Crippen molar-refractivity contribution in [3.63, 3.8) is 0 Å². The molecule has 1 heterocycles. The Balaban J connectivity index is 1.85. The molecule has 2 N–H and O–H groups in total. The maximum atomic E-state index is 12.1. The Morgan fingerprint density at radius 3 is 2.58 bits per heavy atom. The van der Waals surface area contributed by atoms with Crippen LogP contribution in [-0.4, -0.2) is 47.6 Å². The molecule has 5 nitrogen and oxygen atoms in total. The number of rotatable bonds is 6. The van der Waals surface area contributed by atoms with E-state index in [0.29, 0.717) is 38.5 Å². The molecule has 1 aliphatic carbocycles. The van der Waals surface area contributed by atoms with Gasteiger partial charge in [-0.3, -0.25) is 9.59 Å². The number of nitrogens with zero attached hydrogens (tertiary/aromatic N) is 1. The highest BCUT2D eigenvalue weighted by Crippen LogP contribution is 2.38. The monoisotopic (exact) mass is 268 g/mol. The van der Waals surface area contributed by atoms with Gasteiger partial charge in [0.1, 0.15) is 0 Å². The number of nitrogens with one attached hydrogen (secondary N) is 1. The number of carboxylic acid groups (broad SMARTS) is 1. The highest BCUT2D eigenvalue weighted by Gasteiger charge is 2.48. The van der Waals surface area contributed by atoms with Crippen molar-refractivity contribution in [3.8, 4) is 0 Å². The number of hydrogen-bond acceptors (Lipinski definition) is 3. The van der Waals surface area contributed by atoms with Crippen molar-refractivity contribution in [1.82, 2.24) is 10.2 Å². The highest BCUT2D eigenvalue weighted by molar-refractivity contribution is 5.81. The van der Waals surface area contributed by atoms with Gasteiger partial charge in [0.05, 0.1) is 5.41 Å². The molecule has 1 saturated carbocycles. The number of hydrogen-bond donors (Lipinski definition) is 2. The zero-order valence-corrected chi connectivity index (χ0v) is 11.8. The first-order valence-corrected chi connectivity index (χ1v) is 7.20. The average Bonchev–Trinajstić information content (AvgIpc) is 3.04. The van der Waals surface area contributed by atoms with Gasteiger partial charge in [0.2, 0.25) is 5.91 Å². The molecule has 2 rings (SSSR count). The van der Waals surface area contributed by atoms with E-state index in [-0.39, 0.29) is 11.8 Å². The van der Waals surface area contributed by atoms with Gasteiger partial charge in [-0.2, -0.15) is 0 Å². The lowest BCUT2D eigenvalue weighted by Crippen LogP contribution is -2.41. The van der Waals surface area contributed by atoms with Crippen LogP contribution >= 0.6 is 0 Å². The first-order valence-electron chi connectivity index (χ1n) is 7.20. The number of amides is 1. The summed E-state index contributed by atoms with van der Waals surface area (Å²) in [5.41, 5.74) is -0.750. The lowest BCUT2D eigenvalue weighted by atomic mass is 9.76. The third-order valence-electron chi connectivity index (χ3n) is 4.53. The molecule has 1 amide bonds. The number of likely N-dealkylation sites (tertiary alicyclic amines) is 1. The van der Waals surface area contributed by atoms with Gasteiger partial charge in [0, 0.05) is 32.1 Å². The van der Waals surface area contributed by atoms with Crippen LogP contribution in [0.5, 0.6) is 0 Å². The van der Waals surface area contributed by atoms with Crippen molar-refractivity contribution in [1.29, 1.82) is 0 Å². The van der Waals surface area contributed by atoms with Crippen molar-refractivity contribution in [2.45, 2.75) is 45.6 Å². The maximum Gasteiger partial charge on any atom is 0.311 e. The van der Waals surface area contributed by atoms with Crippen molar-refractivity contribution in [2.75, 3.05) is 19.6 Å². The van der Waals surface area contributed by atoms with Crippen LogP contribution in [0.25, 0.3) is 0 Å². The minimum Gasteiger partial charge on any atom is -0.481 e. The molecule has 0 aromatic rings. The SMILES string of the molecule is CC(C)C1(C(=O)O)CCN(C(=O)CCNC2CC2)C1. The summed E-state index contributed by atoms with van der Waals surface area (Å²) in [7, 11) is 0. The zero-order valence-electron chi connectivity index (χ0n) is 11.8. The van der Waals surface area contributed by atoms with Crippen molar-refractivity contribution in [2.24, 2.45) is 11.3 Å². The van der Waals surface area contributed by atoms with Gasteiger partial charge in [0.15, 0.2) is 0 Å². The van der Waals surface area contributed by atoms with E-state index >= 15 is 0 Å².